The third-order valence-corrected chi connectivity index (χ3v) is 4.71. The molecule has 7 heteroatoms. The van der Waals surface area contributed by atoms with Crippen LogP contribution in [0, 0.1) is 12.7 Å². The van der Waals surface area contributed by atoms with Gasteiger partial charge in [0.05, 0.1) is 16.6 Å². The van der Waals surface area contributed by atoms with Crippen molar-refractivity contribution in [3.63, 3.8) is 0 Å². The van der Waals surface area contributed by atoms with Crippen LogP contribution < -0.4 is 11.1 Å². The summed E-state index contributed by atoms with van der Waals surface area (Å²) in [6.45, 7) is 3.70. The number of carbonyl (C=O) groups is 1. The van der Waals surface area contributed by atoms with Crippen molar-refractivity contribution in [2.75, 3.05) is 11.1 Å². The van der Waals surface area contributed by atoms with Gasteiger partial charge in [0.2, 0.25) is 5.91 Å². The molecule has 0 aliphatic carbocycles. The van der Waals surface area contributed by atoms with E-state index in [-0.39, 0.29) is 16.8 Å². The van der Waals surface area contributed by atoms with E-state index in [0.29, 0.717) is 5.69 Å². The van der Waals surface area contributed by atoms with Gasteiger partial charge in [0, 0.05) is 11.1 Å². The maximum absolute atomic E-state index is 12.9. The number of halogens is 1. The zero-order valence-corrected chi connectivity index (χ0v) is 12.6. The maximum atomic E-state index is 12.9. The van der Waals surface area contributed by atoms with Crippen LogP contribution >= 0.6 is 23.1 Å². The van der Waals surface area contributed by atoms with E-state index in [2.05, 4.69) is 10.3 Å². The number of amides is 1. The Hall–Kier alpha value is -1.60. The number of aryl methyl sites for hydroxylation is 1. The van der Waals surface area contributed by atoms with Crippen LogP contribution in [0.3, 0.4) is 0 Å². The first-order chi connectivity index (χ1) is 9.45. The number of rotatable bonds is 4. The smallest absolute Gasteiger partial charge is 0.237 e. The molecule has 1 amide bonds. The van der Waals surface area contributed by atoms with Gasteiger partial charge in [-0.2, -0.15) is 0 Å². The minimum atomic E-state index is -0.429. The van der Waals surface area contributed by atoms with Crippen molar-refractivity contribution in [2.24, 2.45) is 0 Å². The molecule has 4 nitrogen and oxygen atoms in total. The van der Waals surface area contributed by atoms with E-state index in [1.165, 1.54) is 41.3 Å². The number of benzene rings is 1. The molecule has 2 aromatic rings. The Labute approximate surface area is 124 Å². The molecule has 1 aromatic carbocycles. The number of anilines is 2. The lowest BCUT2D eigenvalue weighted by Crippen LogP contribution is -2.22. The summed E-state index contributed by atoms with van der Waals surface area (Å²) in [6, 6.07) is 3.89. The van der Waals surface area contributed by atoms with E-state index in [9.17, 15) is 9.18 Å². The molecule has 0 aliphatic rings. The SMILES string of the molecule is Cc1csc(SC(C)C(=O)Nc2ccc(F)cc2N)n1. The van der Waals surface area contributed by atoms with Crippen molar-refractivity contribution in [2.45, 2.75) is 23.4 Å². The molecule has 0 bridgehead atoms. The number of nitrogens with one attached hydrogen (secondary N) is 1. The van der Waals surface area contributed by atoms with Crippen LogP contribution in [0.15, 0.2) is 27.9 Å². The van der Waals surface area contributed by atoms with Crippen molar-refractivity contribution in [1.82, 2.24) is 4.98 Å². The lowest BCUT2D eigenvalue weighted by Gasteiger charge is -2.12. The predicted molar refractivity (Wildman–Crippen MR) is 81.6 cm³/mol. The molecular weight excluding hydrogens is 297 g/mol. The molecule has 106 valence electrons. The number of nitrogens with zero attached hydrogens (tertiary/aromatic N) is 1. The quantitative estimate of drug-likeness (QED) is 0.671. The van der Waals surface area contributed by atoms with Gasteiger partial charge in [-0.15, -0.1) is 11.3 Å². The largest absolute Gasteiger partial charge is 0.397 e. The summed E-state index contributed by atoms with van der Waals surface area (Å²) >= 11 is 2.89. The van der Waals surface area contributed by atoms with Gasteiger partial charge in [-0.1, -0.05) is 11.8 Å². The normalized spacial score (nSPS) is 12.2. The number of hydrogen-bond acceptors (Lipinski definition) is 5. The van der Waals surface area contributed by atoms with Crippen LogP contribution in [0.5, 0.6) is 0 Å². The monoisotopic (exact) mass is 311 g/mol. The van der Waals surface area contributed by atoms with E-state index in [1.54, 1.807) is 6.92 Å². The van der Waals surface area contributed by atoms with Crippen LogP contribution in [0.25, 0.3) is 0 Å². The van der Waals surface area contributed by atoms with E-state index < -0.39 is 5.82 Å². The van der Waals surface area contributed by atoms with Gasteiger partial charge in [0.15, 0.2) is 4.34 Å². The van der Waals surface area contributed by atoms with Gasteiger partial charge in [-0.3, -0.25) is 4.79 Å². The molecule has 0 saturated heterocycles. The van der Waals surface area contributed by atoms with E-state index in [4.69, 9.17) is 5.73 Å². The average Bonchev–Trinajstić information content (AvgIpc) is 2.78. The second-order valence-electron chi connectivity index (χ2n) is 4.24. The highest BCUT2D eigenvalue weighted by molar-refractivity contribution is 8.02. The van der Waals surface area contributed by atoms with Crippen LogP contribution in [-0.2, 0) is 4.79 Å². The van der Waals surface area contributed by atoms with Gasteiger partial charge in [0.25, 0.3) is 0 Å². The number of hydrogen-bond donors (Lipinski definition) is 2. The Morgan fingerprint density at radius 2 is 2.30 bits per heavy atom. The highest BCUT2D eigenvalue weighted by atomic mass is 32.2. The fourth-order valence-electron chi connectivity index (χ4n) is 1.47. The van der Waals surface area contributed by atoms with Crippen molar-refractivity contribution >= 4 is 40.4 Å². The number of nitrogens with two attached hydrogens (primary N) is 1. The lowest BCUT2D eigenvalue weighted by molar-refractivity contribution is -0.115. The Bertz CT molecular complexity index is 630. The molecule has 1 aromatic heterocycles. The van der Waals surface area contributed by atoms with Crippen molar-refractivity contribution < 1.29 is 9.18 Å². The Morgan fingerprint density at radius 3 is 2.90 bits per heavy atom. The fraction of sp³-hybridized carbons (Fsp3) is 0.231. The molecule has 1 atom stereocenters. The zero-order chi connectivity index (χ0) is 14.7. The number of carbonyl (C=O) groups excluding carboxylic acids is 1. The molecule has 1 unspecified atom stereocenters. The van der Waals surface area contributed by atoms with Gasteiger partial charge < -0.3 is 11.1 Å². The lowest BCUT2D eigenvalue weighted by atomic mass is 10.2. The van der Waals surface area contributed by atoms with Crippen molar-refractivity contribution in [1.29, 1.82) is 0 Å². The molecular formula is C13H14FN3OS2. The van der Waals surface area contributed by atoms with Crippen LogP contribution in [0.1, 0.15) is 12.6 Å². The summed E-state index contributed by atoms with van der Waals surface area (Å²) in [6.07, 6.45) is 0. The third kappa shape index (κ3) is 3.71. The number of nitrogen functional groups attached to an aromatic ring is 1. The van der Waals surface area contributed by atoms with Gasteiger partial charge >= 0.3 is 0 Å². The van der Waals surface area contributed by atoms with Gasteiger partial charge in [-0.25, -0.2) is 9.37 Å². The minimum Gasteiger partial charge on any atom is -0.397 e. The summed E-state index contributed by atoms with van der Waals surface area (Å²) < 4.78 is 13.8. The summed E-state index contributed by atoms with van der Waals surface area (Å²) in [5, 5.41) is 4.31. The van der Waals surface area contributed by atoms with Crippen LogP contribution in [-0.4, -0.2) is 16.1 Å². The molecule has 1 heterocycles. The molecule has 0 fully saturated rings. The Kier molecular flexibility index (Phi) is 4.61. The van der Waals surface area contributed by atoms with E-state index in [0.717, 1.165) is 10.0 Å². The highest BCUT2D eigenvalue weighted by Gasteiger charge is 2.17. The fourth-order valence-corrected chi connectivity index (χ4v) is 3.46. The van der Waals surface area contributed by atoms with Crippen molar-refractivity contribution in [3.8, 4) is 0 Å². The molecule has 20 heavy (non-hydrogen) atoms. The van der Waals surface area contributed by atoms with Crippen LogP contribution in [0.2, 0.25) is 0 Å². The van der Waals surface area contributed by atoms with Crippen LogP contribution in [0.4, 0.5) is 15.8 Å². The number of aromatic nitrogens is 1. The number of thiazole rings is 1. The molecule has 0 saturated carbocycles. The summed E-state index contributed by atoms with van der Waals surface area (Å²) in [4.78, 5) is 16.4. The average molecular weight is 311 g/mol. The zero-order valence-electron chi connectivity index (χ0n) is 11.0. The number of thioether (sulfide) groups is 1. The molecule has 0 aliphatic heterocycles. The first-order valence-corrected chi connectivity index (χ1v) is 7.66. The summed E-state index contributed by atoms with van der Waals surface area (Å²) in [7, 11) is 0. The first kappa shape index (κ1) is 14.8. The highest BCUT2D eigenvalue weighted by Crippen LogP contribution is 2.28. The predicted octanol–water partition coefficient (Wildman–Crippen LogP) is 3.29. The molecule has 0 spiro atoms. The standard InChI is InChI=1S/C13H14FN3OS2/c1-7-6-19-13(16-7)20-8(2)12(18)17-11-4-3-9(14)5-10(11)15/h3-6,8H,15H2,1-2H3,(H,17,18). The second-order valence-corrected chi connectivity index (χ2v) is 6.68. The Morgan fingerprint density at radius 1 is 1.55 bits per heavy atom. The van der Waals surface area contributed by atoms with Crippen molar-refractivity contribution in [3.05, 3.63) is 35.1 Å². The van der Waals surface area contributed by atoms with Gasteiger partial charge in [-0.05, 0) is 32.0 Å². The molecule has 2 rings (SSSR count). The van der Waals surface area contributed by atoms with E-state index >= 15 is 0 Å². The van der Waals surface area contributed by atoms with E-state index in [1.807, 2.05) is 12.3 Å². The summed E-state index contributed by atoms with van der Waals surface area (Å²) in [5.74, 6) is -0.623. The summed E-state index contributed by atoms with van der Waals surface area (Å²) in [5.41, 5.74) is 7.22. The minimum absolute atomic E-state index is 0.193. The second kappa shape index (κ2) is 6.23. The Balaban J connectivity index is 2.00. The molecule has 3 N–H and O–H groups in total. The topological polar surface area (TPSA) is 68.0 Å². The van der Waals surface area contributed by atoms with Gasteiger partial charge in [0.1, 0.15) is 5.82 Å². The first-order valence-electron chi connectivity index (χ1n) is 5.90. The molecule has 0 radical (unpaired) electrons. The third-order valence-electron chi connectivity index (χ3n) is 2.52. The maximum Gasteiger partial charge on any atom is 0.237 e.